The van der Waals surface area contributed by atoms with Crippen molar-refractivity contribution < 1.29 is 14.3 Å². The van der Waals surface area contributed by atoms with E-state index in [0.29, 0.717) is 45.0 Å². The van der Waals surface area contributed by atoms with Crippen LogP contribution < -0.4 is 25.8 Å². The summed E-state index contributed by atoms with van der Waals surface area (Å²) in [5, 5.41) is 7.57. The number of hydrogen-bond donors (Lipinski definition) is 3. The van der Waals surface area contributed by atoms with E-state index in [-0.39, 0.29) is 5.56 Å². The molecule has 7 nitrogen and oxygen atoms in total. The maximum atomic E-state index is 11.8. The van der Waals surface area contributed by atoms with Crippen LogP contribution in [0, 0.1) is 0 Å². The first-order valence-electron chi connectivity index (χ1n) is 9.41. The van der Waals surface area contributed by atoms with Gasteiger partial charge in [-0.2, -0.15) is 0 Å². The highest BCUT2D eigenvalue weighted by Crippen LogP contribution is 2.35. The molecule has 0 aliphatic heterocycles. The number of primary amides is 1. The lowest BCUT2D eigenvalue weighted by Gasteiger charge is -2.15. The van der Waals surface area contributed by atoms with E-state index >= 15 is 0 Å². The third-order valence-corrected chi connectivity index (χ3v) is 5.01. The molecule has 1 aromatic heterocycles. The van der Waals surface area contributed by atoms with Crippen LogP contribution in [0.2, 0.25) is 5.02 Å². The third-order valence-electron chi connectivity index (χ3n) is 4.70. The van der Waals surface area contributed by atoms with E-state index in [9.17, 15) is 4.79 Å². The summed E-state index contributed by atoms with van der Waals surface area (Å²) in [5.74, 6) is 1.53. The van der Waals surface area contributed by atoms with E-state index in [0.717, 1.165) is 18.5 Å². The lowest BCUT2D eigenvalue weighted by atomic mass is 10.1. The minimum absolute atomic E-state index is 0.252. The van der Waals surface area contributed by atoms with Crippen LogP contribution in [0.1, 0.15) is 23.2 Å². The molecule has 2 aromatic carbocycles. The zero-order valence-electron chi connectivity index (χ0n) is 16.4. The number of pyridine rings is 1. The van der Waals surface area contributed by atoms with Gasteiger partial charge in [0, 0.05) is 29.8 Å². The monoisotopic (exact) mass is 424 g/mol. The Morgan fingerprint density at radius 3 is 2.70 bits per heavy atom. The molecule has 0 spiro atoms. The summed E-state index contributed by atoms with van der Waals surface area (Å²) in [6.07, 6.45) is 3.93. The van der Waals surface area contributed by atoms with Crippen LogP contribution in [0.5, 0.6) is 17.2 Å². The molecule has 1 amide bonds. The lowest BCUT2D eigenvalue weighted by molar-refractivity contribution is 0.0997. The van der Waals surface area contributed by atoms with Gasteiger partial charge in [-0.15, -0.1) is 0 Å². The number of ether oxygens (including phenoxy) is 2. The first-order valence-corrected chi connectivity index (χ1v) is 9.79. The Hall–Kier alpha value is -3.45. The molecule has 1 fully saturated rings. The van der Waals surface area contributed by atoms with Crippen molar-refractivity contribution in [3.8, 4) is 17.2 Å². The average Bonchev–Trinajstić information content (AvgIpc) is 3.53. The average molecular weight is 425 g/mol. The number of nitrogens with one attached hydrogen (secondary N) is 2. The lowest BCUT2D eigenvalue weighted by Crippen LogP contribution is -2.20. The van der Waals surface area contributed by atoms with Crippen molar-refractivity contribution >= 4 is 34.1 Å². The number of amides is 1. The first-order chi connectivity index (χ1) is 14.4. The summed E-state index contributed by atoms with van der Waals surface area (Å²) in [5.41, 5.74) is 7.07. The van der Waals surface area contributed by atoms with Crippen molar-refractivity contribution in [2.45, 2.75) is 18.9 Å². The van der Waals surface area contributed by atoms with Gasteiger partial charge in [0.25, 0.3) is 5.91 Å². The molecule has 1 aliphatic rings. The number of nitrogens with zero attached hydrogens (tertiary/aromatic N) is 1. The fourth-order valence-corrected chi connectivity index (χ4v) is 3.28. The minimum atomic E-state index is -0.595. The molecule has 30 heavy (non-hydrogen) atoms. The van der Waals surface area contributed by atoms with Gasteiger partial charge in [-0.25, -0.2) is 0 Å². The number of fused-ring (bicyclic) bond motifs is 1. The quantitative estimate of drug-likeness (QED) is 0.495. The van der Waals surface area contributed by atoms with E-state index in [1.165, 1.54) is 7.11 Å². The molecule has 8 heteroatoms. The van der Waals surface area contributed by atoms with Gasteiger partial charge < -0.3 is 25.8 Å². The van der Waals surface area contributed by atoms with E-state index in [1.807, 2.05) is 6.07 Å². The molecule has 1 aliphatic carbocycles. The number of methoxy groups -OCH3 is 1. The summed E-state index contributed by atoms with van der Waals surface area (Å²) in [7, 11) is 1.47. The molecule has 0 saturated heterocycles. The molecular formula is C22H21ClN4O3. The number of carbonyl (C=O) groups excluding carboxylic acids is 1. The Balaban J connectivity index is 1.60. The standard InChI is InChI=1S/C22H21ClN4O3/c1-12(26-13-3-4-13)27-18-6-5-14(9-17(18)23)30-20-7-8-25-19-11-21(29-2)16(22(24)28)10-15(19)20/h5-11,13,26-27H,1,3-4H2,2H3,(H2,24,28). The second kappa shape index (κ2) is 8.12. The molecule has 0 bridgehead atoms. The van der Waals surface area contributed by atoms with Gasteiger partial charge >= 0.3 is 0 Å². The van der Waals surface area contributed by atoms with Crippen LogP contribution in [0.3, 0.4) is 0 Å². The molecule has 154 valence electrons. The zero-order chi connectivity index (χ0) is 21.3. The van der Waals surface area contributed by atoms with Crippen LogP contribution in [-0.2, 0) is 0 Å². The van der Waals surface area contributed by atoms with Crippen LogP contribution in [0.4, 0.5) is 5.69 Å². The predicted octanol–water partition coefficient (Wildman–Crippen LogP) is 4.42. The van der Waals surface area contributed by atoms with E-state index in [1.54, 1.807) is 36.5 Å². The van der Waals surface area contributed by atoms with Gasteiger partial charge in [0.15, 0.2) is 0 Å². The largest absolute Gasteiger partial charge is 0.496 e. The summed E-state index contributed by atoms with van der Waals surface area (Å²) < 4.78 is 11.3. The van der Waals surface area contributed by atoms with Crippen LogP contribution in [-0.4, -0.2) is 24.0 Å². The van der Waals surface area contributed by atoms with Crippen LogP contribution in [0.25, 0.3) is 10.9 Å². The number of nitrogens with two attached hydrogens (primary N) is 1. The molecule has 4 N–H and O–H groups in total. The highest BCUT2D eigenvalue weighted by molar-refractivity contribution is 6.33. The maximum Gasteiger partial charge on any atom is 0.252 e. The highest BCUT2D eigenvalue weighted by atomic mass is 35.5. The van der Waals surface area contributed by atoms with Crippen LogP contribution >= 0.6 is 11.6 Å². The van der Waals surface area contributed by atoms with E-state index in [4.69, 9.17) is 26.8 Å². The van der Waals surface area contributed by atoms with Gasteiger partial charge in [-0.05, 0) is 37.1 Å². The number of halogens is 1. The molecule has 3 aromatic rings. The molecular weight excluding hydrogens is 404 g/mol. The van der Waals surface area contributed by atoms with E-state index < -0.39 is 5.91 Å². The summed E-state index contributed by atoms with van der Waals surface area (Å²) in [4.78, 5) is 16.1. The SMILES string of the molecule is C=C(Nc1ccc(Oc2ccnc3cc(OC)c(C(N)=O)cc23)cc1Cl)NC1CC1. The number of hydrogen-bond acceptors (Lipinski definition) is 6. The van der Waals surface area contributed by atoms with Crippen molar-refractivity contribution in [2.75, 3.05) is 12.4 Å². The normalized spacial score (nSPS) is 13.0. The predicted molar refractivity (Wildman–Crippen MR) is 117 cm³/mol. The smallest absolute Gasteiger partial charge is 0.252 e. The number of anilines is 1. The number of aromatic nitrogens is 1. The Bertz CT molecular complexity index is 1140. The second-order valence-corrected chi connectivity index (χ2v) is 7.42. The Morgan fingerprint density at radius 2 is 2.03 bits per heavy atom. The van der Waals surface area contributed by atoms with Crippen molar-refractivity contribution in [2.24, 2.45) is 5.73 Å². The number of carbonyl (C=O) groups is 1. The maximum absolute atomic E-state index is 11.8. The molecule has 1 saturated carbocycles. The first kappa shape index (κ1) is 19.8. The fourth-order valence-electron chi connectivity index (χ4n) is 3.06. The number of rotatable bonds is 8. The highest BCUT2D eigenvalue weighted by Gasteiger charge is 2.21. The zero-order valence-corrected chi connectivity index (χ0v) is 17.1. The van der Waals surface area contributed by atoms with E-state index in [2.05, 4.69) is 22.2 Å². The van der Waals surface area contributed by atoms with Crippen molar-refractivity contribution in [3.63, 3.8) is 0 Å². The van der Waals surface area contributed by atoms with Gasteiger partial charge in [-0.3, -0.25) is 9.78 Å². The Morgan fingerprint density at radius 1 is 1.23 bits per heavy atom. The molecule has 1 heterocycles. The van der Waals surface area contributed by atoms with Crippen molar-refractivity contribution in [3.05, 3.63) is 65.6 Å². The topological polar surface area (TPSA) is 98.5 Å². The van der Waals surface area contributed by atoms with Gasteiger partial charge in [0.1, 0.15) is 17.2 Å². The summed E-state index contributed by atoms with van der Waals surface area (Å²) >= 11 is 6.42. The summed E-state index contributed by atoms with van der Waals surface area (Å²) in [6, 6.07) is 10.8. The van der Waals surface area contributed by atoms with Crippen molar-refractivity contribution in [1.82, 2.24) is 10.3 Å². The molecule has 0 radical (unpaired) electrons. The van der Waals surface area contributed by atoms with Crippen LogP contribution in [0.15, 0.2) is 55.0 Å². The Kier molecular flexibility index (Phi) is 5.37. The number of benzene rings is 2. The molecule has 0 unspecified atom stereocenters. The summed E-state index contributed by atoms with van der Waals surface area (Å²) in [6.45, 7) is 3.97. The van der Waals surface area contributed by atoms with Gasteiger partial charge in [0.2, 0.25) is 0 Å². The van der Waals surface area contributed by atoms with Gasteiger partial charge in [0.05, 0.1) is 34.7 Å². The fraction of sp³-hybridized carbons (Fsp3) is 0.182. The third kappa shape index (κ3) is 4.26. The Labute approximate surface area is 178 Å². The molecule has 4 rings (SSSR count). The van der Waals surface area contributed by atoms with Gasteiger partial charge in [-0.1, -0.05) is 18.2 Å². The molecule has 0 atom stereocenters. The second-order valence-electron chi connectivity index (χ2n) is 7.01. The van der Waals surface area contributed by atoms with Crippen molar-refractivity contribution in [1.29, 1.82) is 0 Å². The minimum Gasteiger partial charge on any atom is -0.496 e.